The molecule has 1 aliphatic carbocycles. The zero-order valence-corrected chi connectivity index (χ0v) is 46.5. The minimum absolute atomic E-state index is 0.0354. The predicted molar refractivity (Wildman–Crippen MR) is 301 cm³/mol. The summed E-state index contributed by atoms with van der Waals surface area (Å²) in [7, 11) is 1.42. The number of piperazine rings is 2. The highest BCUT2D eigenvalue weighted by Gasteiger charge is 2.32. The molecule has 406 valence electrons. The molecule has 12 nitrogen and oxygen atoms in total. The molecule has 2 saturated heterocycles. The fourth-order valence-corrected chi connectivity index (χ4v) is 11.4. The van der Waals surface area contributed by atoms with Gasteiger partial charge in [0.05, 0.1) is 18.9 Å². The minimum atomic E-state index is -4.50. The van der Waals surface area contributed by atoms with Crippen LogP contribution in [0.15, 0.2) is 101 Å². The average Bonchev–Trinajstić information content (AvgIpc) is 3.88. The number of carbonyl (C=O) groups excluding carboxylic acids is 2. The number of anilines is 2. The number of amides is 1. The molecule has 8 rings (SSSR count). The monoisotopic (exact) mass is 1090 g/mol. The molecule has 75 heavy (non-hydrogen) atoms. The lowest BCUT2D eigenvalue weighted by Gasteiger charge is -2.39. The highest BCUT2D eigenvalue weighted by Crippen LogP contribution is 2.44. The van der Waals surface area contributed by atoms with Crippen molar-refractivity contribution in [2.75, 3.05) is 95.9 Å². The smallest absolute Gasteiger partial charge is 0.446 e. The Hall–Kier alpha value is -4.91. The number of unbranched alkanes of at least 4 members (excludes halogenated alkanes) is 3. The Morgan fingerprint density at radius 1 is 0.840 bits per heavy atom. The number of fused-ring (bicyclic) bond motifs is 1. The highest BCUT2D eigenvalue weighted by molar-refractivity contribution is 8.00. The lowest BCUT2D eigenvalue weighted by atomic mass is 9.72. The average molecular weight is 1090 g/mol. The number of hydrogen-bond donors (Lipinski definition) is 3. The molecule has 0 unspecified atom stereocenters. The number of carbonyl (C=O) groups is 2. The number of benzene rings is 3. The number of ether oxygens (including phenoxy) is 2. The maximum atomic E-state index is 14.0. The second-order valence-electron chi connectivity index (χ2n) is 20.0. The van der Waals surface area contributed by atoms with Crippen LogP contribution in [0.3, 0.4) is 0 Å². The Bertz CT molecular complexity index is 2670. The van der Waals surface area contributed by atoms with E-state index in [2.05, 4.69) is 65.6 Å². The number of nitrogens with zero attached hydrogens (tertiary/aromatic N) is 5. The molecular weight excluding hydrogens is 1020 g/mol. The number of pyridine rings is 1. The fourth-order valence-electron chi connectivity index (χ4n) is 9.88. The number of aromatic amines is 1. The summed E-state index contributed by atoms with van der Waals surface area (Å²) >= 11 is 7.06. The molecule has 1 amide bonds. The van der Waals surface area contributed by atoms with Crippen molar-refractivity contribution in [3.63, 3.8) is 0 Å². The van der Waals surface area contributed by atoms with Gasteiger partial charge in [-0.15, -0.1) is 0 Å². The van der Waals surface area contributed by atoms with Crippen molar-refractivity contribution in [1.29, 1.82) is 0 Å². The van der Waals surface area contributed by atoms with Crippen LogP contribution >= 0.6 is 35.3 Å². The van der Waals surface area contributed by atoms with Gasteiger partial charge in [-0.1, -0.05) is 69.8 Å². The number of rotatable bonds is 22. The van der Waals surface area contributed by atoms with Crippen LogP contribution in [0, 0.1) is 5.41 Å². The lowest BCUT2D eigenvalue weighted by molar-refractivity contribution is -0.140. The van der Waals surface area contributed by atoms with Crippen LogP contribution in [-0.4, -0.2) is 128 Å². The van der Waals surface area contributed by atoms with Crippen molar-refractivity contribution in [2.45, 2.75) is 101 Å². The standard InChI is InChI=1S/C55H68ClF3N8O4S2.C2H6/c1-54(2)20-18-41(47(36-54)39-10-12-42(56)13-11-39)38-66-29-31-67(32-30-66)43-14-16-46(49(34-43)71-44-33-40-19-22-61-52(40)62-37-44)53(69)63-73-45-15-17-48(50(35-45)72-55(57,58)59)60-21-8-24-65-27-25-64(26-28-65)23-7-5-4-6-9-51(68)70-3;1-2/h10-17,19,22,33-35,37,60H,4-9,18,20-21,23-32,36,38H2,1-3H3,(H,61,62)(H,63,69);1-2H3. The summed E-state index contributed by atoms with van der Waals surface area (Å²) < 4.78 is 55.8. The van der Waals surface area contributed by atoms with Crippen molar-refractivity contribution in [1.82, 2.24) is 29.4 Å². The number of halogens is 4. The second kappa shape index (κ2) is 27.9. The van der Waals surface area contributed by atoms with Gasteiger partial charge in [0.25, 0.3) is 5.91 Å². The van der Waals surface area contributed by atoms with E-state index in [4.69, 9.17) is 21.1 Å². The summed E-state index contributed by atoms with van der Waals surface area (Å²) in [5.41, 5.74) is 2.22. The van der Waals surface area contributed by atoms with E-state index >= 15 is 0 Å². The van der Waals surface area contributed by atoms with Crippen LogP contribution in [0.1, 0.15) is 101 Å². The number of esters is 1. The third-order valence-corrected chi connectivity index (χ3v) is 15.9. The van der Waals surface area contributed by atoms with E-state index in [-0.39, 0.29) is 33.6 Å². The van der Waals surface area contributed by atoms with Gasteiger partial charge >= 0.3 is 11.5 Å². The summed E-state index contributed by atoms with van der Waals surface area (Å²) in [5.74, 6) is 0.199. The van der Waals surface area contributed by atoms with Crippen molar-refractivity contribution >= 4 is 75.2 Å². The SMILES string of the molecule is CC.COC(=O)CCCCCCN1CCN(CCCNc2ccc(SNC(=O)c3ccc(N4CCN(CC5=C(c6ccc(Cl)cc6)CC(C)(C)CC5)CC4)cc3Oc3cnc4[nH]ccc4c3)cc2SC(F)(F)F)CC1. The van der Waals surface area contributed by atoms with Gasteiger partial charge in [0.2, 0.25) is 0 Å². The zero-order chi connectivity index (χ0) is 53.4. The van der Waals surface area contributed by atoms with Gasteiger partial charge < -0.3 is 34.5 Å². The number of nitrogens with one attached hydrogen (secondary N) is 3. The fraction of sp³-hybridized carbons (Fsp3) is 0.491. The third kappa shape index (κ3) is 17.6. The van der Waals surface area contributed by atoms with Crippen LogP contribution in [0.4, 0.5) is 24.5 Å². The first-order valence-electron chi connectivity index (χ1n) is 26.5. The molecule has 2 fully saturated rings. The maximum Gasteiger partial charge on any atom is 0.446 e. The van der Waals surface area contributed by atoms with Crippen molar-refractivity contribution in [3.05, 3.63) is 107 Å². The van der Waals surface area contributed by atoms with Crippen molar-refractivity contribution in [2.24, 2.45) is 5.41 Å². The molecule has 5 aromatic rings. The highest BCUT2D eigenvalue weighted by atomic mass is 35.5. The maximum absolute atomic E-state index is 14.0. The Balaban J connectivity index is 0.00000405. The van der Waals surface area contributed by atoms with Crippen molar-refractivity contribution in [3.8, 4) is 11.5 Å². The van der Waals surface area contributed by atoms with Crippen LogP contribution < -0.4 is 19.7 Å². The van der Waals surface area contributed by atoms with E-state index in [0.717, 1.165) is 151 Å². The topological polar surface area (TPSA) is 118 Å². The Labute approximate surface area is 455 Å². The molecule has 3 N–H and O–H groups in total. The predicted octanol–water partition coefficient (Wildman–Crippen LogP) is 13.4. The molecule has 0 bridgehead atoms. The van der Waals surface area contributed by atoms with Gasteiger partial charge in [0.15, 0.2) is 0 Å². The molecule has 0 saturated carbocycles. The first-order chi connectivity index (χ1) is 36.2. The van der Waals surface area contributed by atoms with Crippen LogP contribution in [-0.2, 0) is 9.53 Å². The molecule has 3 aliphatic rings. The van der Waals surface area contributed by atoms with Crippen molar-refractivity contribution < 1.29 is 32.2 Å². The molecule has 0 spiro atoms. The first kappa shape index (κ1) is 57.8. The Kier molecular flexibility index (Phi) is 21.5. The second-order valence-corrected chi connectivity index (χ2v) is 22.4. The summed E-state index contributed by atoms with van der Waals surface area (Å²) in [6.07, 6.45) is 12.0. The lowest BCUT2D eigenvalue weighted by Crippen LogP contribution is -2.47. The number of aromatic nitrogens is 2. The largest absolute Gasteiger partial charge is 0.469 e. The van der Waals surface area contributed by atoms with Crippen LogP contribution in [0.5, 0.6) is 11.5 Å². The van der Waals surface area contributed by atoms with Crippen LogP contribution in [0.25, 0.3) is 16.6 Å². The van der Waals surface area contributed by atoms with Crippen LogP contribution in [0.2, 0.25) is 5.02 Å². The molecule has 0 radical (unpaired) electrons. The molecule has 2 aromatic heterocycles. The number of allylic oxidation sites excluding steroid dienone is 1. The Morgan fingerprint density at radius 2 is 1.55 bits per heavy atom. The summed E-state index contributed by atoms with van der Waals surface area (Å²) in [4.78, 5) is 43.1. The summed E-state index contributed by atoms with van der Waals surface area (Å²) in [6, 6.07) is 22.4. The van der Waals surface area contributed by atoms with E-state index in [9.17, 15) is 22.8 Å². The summed E-state index contributed by atoms with van der Waals surface area (Å²) in [5, 5.41) is 4.84. The van der Waals surface area contributed by atoms with Gasteiger partial charge in [-0.05, 0) is 146 Å². The van der Waals surface area contributed by atoms with E-state index in [1.54, 1.807) is 30.6 Å². The number of alkyl halides is 3. The molecular formula is C57H74ClF3N8O4S2. The van der Waals surface area contributed by atoms with Gasteiger partial charge in [-0.2, -0.15) is 13.2 Å². The molecule has 18 heteroatoms. The number of methoxy groups -OCH3 is 1. The number of thioether (sulfide) groups is 1. The zero-order valence-electron chi connectivity index (χ0n) is 44.1. The first-order valence-corrected chi connectivity index (χ1v) is 28.5. The van der Waals surface area contributed by atoms with Gasteiger partial charge in [0, 0.05) is 116 Å². The van der Waals surface area contributed by atoms with Gasteiger partial charge in [-0.25, -0.2) is 4.98 Å². The van der Waals surface area contributed by atoms with E-state index in [1.807, 2.05) is 50.2 Å². The normalized spacial score (nSPS) is 16.6. The number of hydrogen-bond acceptors (Lipinski definition) is 12. The van der Waals surface area contributed by atoms with E-state index in [1.165, 1.54) is 29.9 Å². The minimum Gasteiger partial charge on any atom is -0.469 e. The van der Waals surface area contributed by atoms with Gasteiger partial charge in [-0.3, -0.25) is 19.2 Å². The van der Waals surface area contributed by atoms with E-state index in [0.29, 0.717) is 40.7 Å². The molecule has 3 aromatic carbocycles. The molecule has 4 heterocycles. The van der Waals surface area contributed by atoms with Gasteiger partial charge in [0.1, 0.15) is 17.1 Å². The quantitative estimate of drug-likeness (QED) is 0.0265. The molecule has 0 atom stereocenters. The summed E-state index contributed by atoms with van der Waals surface area (Å²) in [6.45, 7) is 19.2. The third-order valence-electron chi connectivity index (χ3n) is 14.0. The van der Waals surface area contributed by atoms with E-state index < -0.39 is 11.4 Å². The molecule has 2 aliphatic heterocycles. The Morgan fingerprint density at radius 3 is 2.27 bits per heavy atom. The number of H-pyrrole nitrogens is 1.